The van der Waals surface area contributed by atoms with Gasteiger partial charge in [0, 0.05) is 18.7 Å². The van der Waals surface area contributed by atoms with Crippen LogP contribution in [0.3, 0.4) is 0 Å². The number of hydrogen-bond donors (Lipinski definition) is 0. The van der Waals surface area contributed by atoms with E-state index in [0.29, 0.717) is 6.54 Å². The lowest BCUT2D eigenvalue weighted by molar-refractivity contribution is 0.0727. The summed E-state index contributed by atoms with van der Waals surface area (Å²) in [4.78, 5) is 13.9. The van der Waals surface area contributed by atoms with Crippen LogP contribution in [-0.2, 0) is 6.42 Å². The highest BCUT2D eigenvalue weighted by molar-refractivity contribution is 5.96. The molecule has 82 valence electrons. The Hall–Kier alpha value is -1.82. The zero-order chi connectivity index (χ0) is 11.5. The van der Waals surface area contributed by atoms with E-state index in [-0.39, 0.29) is 11.8 Å². The molecule has 2 rings (SSSR count). The van der Waals surface area contributed by atoms with Crippen LogP contribution in [0.2, 0.25) is 0 Å². The van der Waals surface area contributed by atoms with Crippen LogP contribution in [0.25, 0.3) is 0 Å². The normalized spacial score (nSPS) is 16.5. The third-order valence-electron chi connectivity index (χ3n) is 2.90. The summed E-state index contributed by atoms with van der Waals surface area (Å²) in [5, 5.41) is 8.76. The topological polar surface area (TPSA) is 44.1 Å². The van der Waals surface area contributed by atoms with Gasteiger partial charge in [-0.1, -0.05) is 18.2 Å². The first-order valence-corrected chi connectivity index (χ1v) is 5.49. The maximum atomic E-state index is 12.1. The third-order valence-corrected chi connectivity index (χ3v) is 2.90. The van der Waals surface area contributed by atoms with E-state index in [1.807, 2.05) is 31.2 Å². The van der Waals surface area contributed by atoms with Crippen LogP contribution in [0, 0.1) is 17.2 Å². The van der Waals surface area contributed by atoms with Gasteiger partial charge in [0.15, 0.2) is 0 Å². The lowest BCUT2D eigenvalue weighted by Crippen LogP contribution is -2.39. The second-order valence-corrected chi connectivity index (χ2v) is 4.19. The van der Waals surface area contributed by atoms with E-state index in [1.54, 1.807) is 4.90 Å². The number of fused-ring (bicyclic) bond motifs is 1. The van der Waals surface area contributed by atoms with Crippen molar-refractivity contribution in [1.82, 2.24) is 4.90 Å². The van der Waals surface area contributed by atoms with Crippen LogP contribution in [0.15, 0.2) is 24.3 Å². The number of nitrogens with zero attached hydrogens (tertiary/aromatic N) is 2. The Balaban J connectivity index is 2.19. The van der Waals surface area contributed by atoms with Gasteiger partial charge in [0.1, 0.15) is 0 Å². The monoisotopic (exact) mass is 214 g/mol. The molecular weight excluding hydrogens is 200 g/mol. The largest absolute Gasteiger partial charge is 0.337 e. The first-order chi connectivity index (χ1) is 7.72. The van der Waals surface area contributed by atoms with Crippen LogP contribution < -0.4 is 0 Å². The quantitative estimate of drug-likeness (QED) is 0.754. The molecule has 0 fully saturated rings. The summed E-state index contributed by atoms with van der Waals surface area (Å²) in [6.45, 7) is 3.10. The van der Waals surface area contributed by atoms with E-state index in [0.717, 1.165) is 24.1 Å². The van der Waals surface area contributed by atoms with Gasteiger partial charge in [-0.05, 0) is 25.0 Å². The Morgan fingerprint density at radius 2 is 2.25 bits per heavy atom. The summed E-state index contributed by atoms with van der Waals surface area (Å²) in [5.74, 6) is -0.0434. The highest BCUT2D eigenvalue weighted by Gasteiger charge is 2.24. The van der Waals surface area contributed by atoms with Crippen molar-refractivity contribution in [2.24, 2.45) is 5.92 Å². The molecule has 0 spiro atoms. The third kappa shape index (κ3) is 1.92. The smallest absolute Gasteiger partial charge is 0.254 e. The molecule has 1 amide bonds. The van der Waals surface area contributed by atoms with E-state index >= 15 is 0 Å². The van der Waals surface area contributed by atoms with Gasteiger partial charge in [-0.25, -0.2) is 0 Å². The standard InChI is InChI=1S/C13H14N2O/c1-10(8-14)9-15-7-6-11-4-2-3-5-12(11)13(15)16/h2-5,10H,6-7,9H2,1H3. The molecule has 1 unspecified atom stereocenters. The fraction of sp³-hybridized carbons (Fsp3) is 0.385. The summed E-state index contributed by atoms with van der Waals surface area (Å²) in [6, 6.07) is 9.86. The van der Waals surface area contributed by atoms with E-state index in [4.69, 9.17) is 5.26 Å². The van der Waals surface area contributed by atoms with Gasteiger partial charge in [-0.15, -0.1) is 0 Å². The molecule has 0 saturated heterocycles. The first kappa shape index (κ1) is 10.7. The maximum absolute atomic E-state index is 12.1. The zero-order valence-electron chi connectivity index (χ0n) is 9.31. The Labute approximate surface area is 95.3 Å². The van der Waals surface area contributed by atoms with Gasteiger partial charge in [-0.3, -0.25) is 4.79 Å². The lowest BCUT2D eigenvalue weighted by atomic mass is 9.98. The Morgan fingerprint density at radius 3 is 3.00 bits per heavy atom. The van der Waals surface area contributed by atoms with E-state index in [9.17, 15) is 4.79 Å². The van der Waals surface area contributed by atoms with Crippen molar-refractivity contribution in [2.75, 3.05) is 13.1 Å². The summed E-state index contributed by atoms with van der Waals surface area (Å²) in [5.41, 5.74) is 1.91. The second-order valence-electron chi connectivity index (χ2n) is 4.19. The summed E-state index contributed by atoms with van der Waals surface area (Å²) < 4.78 is 0. The van der Waals surface area contributed by atoms with E-state index in [2.05, 4.69) is 6.07 Å². The molecule has 3 heteroatoms. The van der Waals surface area contributed by atoms with Crippen molar-refractivity contribution in [3.05, 3.63) is 35.4 Å². The van der Waals surface area contributed by atoms with Gasteiger partial charge in [-0.2, -0.15) is 5.26 Å². The fourth-order valence-electron chi connectivity index (χ4n) is 2.02. The molecule has 3 nitrogen and oxygen atoms in total. The summed E-state index contributed by atoms with van der Waals surface area (Å²) in [7, 11) is 0. The average molecular weight is 214 g/mol. The van der Waals surface area contributed by atoms with Crippen LogP contribution in [0.4, 0.5) is 0 Å². The number of rotatable bonds is 2. The van der Waals surface area contributed by atoms with Crippen LogP contribution >= 0.6 is 0 Å². The van der Waals surface area contributed by atoms with Crippen molar-refractivity contribution >= 4 is 5.91 Å². The molecule has 1 aliphatic rings. The van der Waals surface area contributed by atoms with E-state index in [1.165, 1.54) is 0 Å². The minimum Gasteiger partial charge on any atom is -0.337 e. The molecule has 1 aromatic carbocycles. The first-order valence-electron chi connectivity index (χ1n) is 5.49. The molecule has 0 bridgehead atoms. The zero-order valence-corrected chi connectivity index (χ0v) is 9.31. The minimum absolute atomic E-state index is 0.0592. The molecule has 1 atom stereocenters. The van der Waals surface area contributed by atoms with Crippen LogP contribution in [0.5, 0.6) is 0 Å². The Bertz CT molecular complexity index is 447. The van der Waals surface area contributed by atoms with Crippen molar-refractivity contribution in [1.29, 1.82) is 5.26 Å². The van der Waals surface area contributed by atoms with Gasteiger partial charge in [0.05, 0.1) is 12.0 Å². The molecule has 0 radical (unpaired) electrons. The predicted molar refractivity (Wildman–Crippen MR) is 60.8 cm³/mol. The average Bonchev–Trinajstić information content (AvgIpc) is 2.33. The summed E-state index contributed by atoms with van der Waals surface area (Å²) >= 11 is 0. The lowest BCUT2D eigenvalue weighted by Gasteiger charge is -2.29. The molecule has 0 saturated carbocycles. The van der Waals surface area contributed by atoms with Crippen LogP contribution in [0.1, 0.15) is 22.8 Å². The molecule has 1 heterocycles. The molecule has 1 aromatic rings. The Morgan fingerprint density at radius 1 is 1.50 bits per heavy atom. The maximum Gasteiger partial charge on any atom is 0.254 e. The van der Waals surface area contributed by atoms with Gasteiger partial charge in [0.2, 0.25) is 0 Å². The van der Waals surface area contributed by atoms with Crippen molar-refractivity contribution in [2.45, 2.75) is 13.3 Å². The molecule has 0 aromatic heterocycles. The number of carbonyl (C=O) groups is 1. The minimum atomic E-state index is -0.103. The van der Waals surface area contributed by atoms with Gasteiger partial charge in [0.25, 0.3) is 5.91 Å². The number of carbonyl (C=O) groups excluding carboxylic acids is 1. The SMILES string of the molecule is CC(C#N)CN1CCc2ccccc2C1=O. The predicted octanol–water partition coefficient (Wildman–Crippen LogP) is 1.84. The van der Waals surface area contributed by atoms with Crippen molar-refractivity contribution in [3.63, 3.8) is 0 Å². The molecule has 0 N–H and O–H groups in total. The van der Waals surface area contributed by atoms with E-state index < -0.39 is 0 Å². The Kier molecular flexibility index (Phi) is 2.91. The number of amides is 1. The van der Waals surface area contributed by atoms with Gasteiger partial charge < -0.3 is 4.90 Å². The van der Waals surface area contributed by atoms with Gasteiger partial charge >= 0.3 is 0 Å². The molecular formula is C13H14N2O. The van der Waals surface area contributed by atoms with Crippen molar-refractivity contribution < 1.29 is 4.79 Å². The number of hydrogen-bond acceptors (Lipinski definition) is 2. The highest BCUT2D eigenvalue weighted by Crippen LogP contribution is 2.19. The highest BCUT2D eigenvalue weighted by atomic mass is 16.2. The van der Waals surface area contributed by atoms with Crippen molar-refractivity contribution in [3.8, 4) is 6.07 Å². The molecule has 0 aliphatic carbocycles. The second kappa shape index (κ2) is 4.36. The summed E-state index contributed by atoms with van der Waals surface area (Å²) in [6.07, 6.45) is 0.889. The number of nitriles is 1. The molecule has 1 aliphatic heterocycles. The van der Waals surface area contributed by atoms with Crippen LogP contribution in [-0.4, -0.2) is 23.9 Å². The molecule has 16 heavy (non-hydrogen) atoms. The number of benzene rings is 1. The fourth-order valence-corrected chi connectivity index (χ4v) is 2.02.